The number of hydrogen-bond donors (Lipinski definition) is 1. The summed E-state index contributed by atoms with van der Waals surface area (Å²) >= 11 is 0. The lowest BCUT2D eigenvalue weighted by molar-refractivity contribution is 0.0509. The third-order valence-corrected chi connectivity index (χ3v) is 6.13. The van der Waals surface area contributed by atoms with E-state index >= 15 is 0 Å². The van der Waals surface area contributed by atoms with E-state index in [4.69, 9.17) is 0 Å². The van der Waals surface area contributed by atoms with E-state index in [1.807, 2.05) is 33.7 Å². The Morgan fingerprint density at radius 1 is 1.25 bits per heavy atom. The maximum Gasteiger partial charge on any atom is 0.289 e. The van der Waals surface area contributed by atoms with E-state index < -0.39 is 0 Å². The lowest BCUT2D eigenvalue weighted by atomic mass is 9.77. The smallest absolute Gasteiger partial charge is 0.289 e. The number of imidazole rings is 1. The van der Waals surface area contributed by atoms with Crippen LogP contribution >= 0.6 is 0 Å². The standard InChI is InChI=1S/C21H23N5O2/c1-2-5-16-13-10-14(17-7-3-8-18(27)26(16)17)12-25(11-13)21(28)20-23-15-6-4-9-22-19(15)24-20/h3-4,6-9,13-14,16H,2,5,10-12H2,1H3,(H,22,23,24)/t13-,14+,16-/m0/s1. The summed E-state index contributed by atoms with van der Waals surface area (Å²) in [6, 6.07) is 9.38. The molecule has 5 heterocycles. The lowest BCUT2D eigenvalue weighted by Crippen LogP contribution is -2.51. The number of hydrogen-bond acceptors (Lipinski definition) is 4. The molecule has 7 nitrogen and oxygen atoms in total. The van der Waals surface area contributed by atoms with E-state index in [1.165, 1.54) is 0 Å². The number of H-pyrrole nitrogens is 1. The van der Waals surface area contributed by atoms with Crippen molar-refractivity contribution in [1.82, 2.24) is 24.4 Å². The van der Waals surface area contributed by atoms with E-state index in [9.17, 15) is 9.59 Å². The van der Waals surface area contributed by atoms with Crippen LogP contribution in [0.2, 0.25) is 0 Å². The van der Waals surface area contributed by atoms with Gasteiger partial charge in [-0.3, -0.25) is 9.59 Å². The largest absolute Gasteiger partial charge is 0.335 e. The topological polar surface area (TPSA) is 83.9 Å². The van der Waals surface area contributed by atoms with Crippen molar-refractivity contribution in [2.45, 2.75) is 38.1 Å². The van der Waals surface area contributed by atoms with Gasteiger partial charge in [-0.1, -0.05) is 19.4 Å². The summed E-state index contributed by atoms with van der Waals surface area (Å²) in [5.74, 6) is 0.728. The molecule has 0 aliphatic carbocycles. The fraction of sp³-hybridized carbons (Fsp3) is 0.429. The van der Waals surface area contributed by atoms with Crippen molar-refractivity contribution >= 4 is 17.1 Å². The Bertz CT molecular complexity index is 1070. The summed E-state index contributed by atoms with van der Waals surface area (Å²) in [4.78, 5) is 39.4. The number of likely N-dealkylation sites (tertiary alicyclic amines) is 1. The highest BCUT2D eigenvalue weighted by molar-refractivity contribution is 5.93. The van der Waals surface area contributed by atoms with Gasteiger partial charge in [0.05, 0.1) is 5.52 Å². The molecule has 2 aliphatic heterocycles. The molecule has 0 radical (unpaired) electrons. The minimum atomic E-state index is -0.0883. The van der Waals surface area contributed by atoms with E-state index in [2.05, 4.69) is 21.9 Å². The molecule has 2 aliphatic rings. The second-order valence-electron chi connectivity index (χ2n) is 7.88. The highest BCUT2D eigenvalue weighted by Crippen LogP contribution is 2.42. The van der Waals surface area contributed by atoms with Crippen molar-refractivity contribution in [3.63, 3.8) is 0 Å². The molecular weight excluding hydrogens is 354 g/mol. The molecule has 7 heteroatoms. The van der Waals surface area contributed by atoms with Crippen LogP contribution < -0.4 is 5.56 Å². The van der Waals surface area contributed by atoms with Gasteiger partial charge in [0.1, 0.15) is 0 Å². The first-order valence-corrected chi connectivity index (χ1v) is 9.97. The SMILES string of the molecule is CCC[C@H]1[C@H]2C[C@H](CN(C(=O)c3nc4ncccc4[nH]3)C2)c2cccc(=O)n21. The van der Waals surface area contributed by atoms with E-state index in [1.54, 1.807) is 12.3 Å². The maximum atomic E-state index is 13.2. The quantitative estimate of drug-likeness (QED) is 0.761. The number of nitrogens with one attached hydrogen (secondary N) is 1. The summed E-state index contributed by atoms with van der Waals surface area (Å²) in [5, 5.41) is 0. The normalized spacial score (nSPS) is 23.6. The van der Waals surface area contributed by atoms with Gasteiger partial charge in [0.25, 0.3) is 11.5 Å². The van der Waals surface area contributed by atoms with Crippen molar-refractivity contribution in [2.24, 2.45) is 5.92 Å². The summed E-state index contributed by atoms with van der Waals surface area (Å²) in [6.45, 7) is 3.42. The summed E-state index contributed by atoms with van der Waals surface area (Å²) in [6.07, 6.45) is 4.66. The van der Waals surface area contributed by atoms with Crippen LogP contribution in [-0.2, 0) is 0 Å². The van der Waals surface area contributed by atoms with Gasteiger partial charge >= 0.3 is 0 Å². The lowest BCUT2D eigenvalue weighted by Gasteiger charge is -2.46. The number of aromatic amines is 1. The molecule has 3 atom stereocenters. The van der Waals surface area contributed by atoms with Crippen molar-refractivity contribution in [2.75, 3.05) is 13.1 Å². The highest BCUT2D eigenvalue weighted by Gasteiger charge is 2.41. The number of carbonyl (C=O) groups excluding carboxylic acids is 1. The highest BCUT2D eigenvalue weighted by atomic mass is 16.2. The van der Waals surface area contributed by atoms with Crippen LogP contribution in [0.1, 0.15) is 54.5 Å². The number of pyridine rings is 2. The first kappa shape index (κ1) is 17.2. The fourth-order valence-electron chi connectivity index (χ4n) is 4.97. The molecule has 0 spiro atoms. The Kier molecular flexibility index (Phi) is 4.03. The third kappa shape index (κ3) is 2.65. The van der Waals surface area contributed by atoms with Crippen molar-refractivity contribution in [1.29, 1.82) is 0 Å². The van der Waals surface area contributed by atoms with Gasteiger partial charge in [0, 0.05) is 43.0 Å². The summed E-state index contributed by atoms with van der Waals surface area (Å²) in [5.41, 5.74) is 2.47. The molecule has 5 rings (SSSR count). The van der Waals surface area contributed by atoms with Gasteiger partial charge in [-0.25, -0.2) is 9.97 Å². The first-order chi connectivity index (χ1) is 13.7. The van der Waals surface area contributed by atoms with Crippen LogP contribution in [0.4, 0.5) is 0 Å². The number of rotatable bonds is 3. The molecule has 1 N–H and O–H groups in total. The van der Waals surface area contributed by atoms with Gasteiger partial charge in [0.2, 0.25) is 0 Å². The van der Waals surface area contributed by atoms with Gasteiger partial charge in [-0.05, 0) is 37.0 Å². The minimum absolute atomic E-state index is 0.0776. The fourth-order valence-corrected chi connectivity index (χ4v) is 4.97. The maximum absolute atomic E-state index is 13.2. The van der Waals surface area contributed by atoms with Crippen LogP contribution in [0, 0.1) is 5.92 Å². The third-order valence-electron chi connectivity index (χ3n) is 6.13. The summed E-state index contributed by atoms with van der Waals surface area (Å²) < 4.78 is 2.00. The molecule has 1 saturated heterocycles. The van der Waals surface area contributed by atoms with Crippen LogP contribution in [-0.4, -0.2) is 43.4 Å². The van der Waals surface area contributed by atoms with E-state index in [-0.39, 0.29) is 29.3 Å². The average molecular weight is 377 g/mol. The Morgan fingerprint density at radius 3 is 2.96 bits per heavy atom. The van der Waals surface area contributed by atoms with Crippen LogP contribution in [0.15, 0.2) is 41.3 Å². The predicted molar refractivity (Wildman–Crippen MR) is 105 cm³/mol. The predicted octanol–water partition coefficient (Wildman–Crippen LogP) is 2.72. The molecule has 2 bridgehead atoms. The number of piperidine rings is 1. The molecule has 3 aromatic heterocycles. The Morgan fingerprint density at radius 2 is 2.14 bits per heavy atom. The van der Waals surface area contributed by atoms with Gasteiger partial charge < -0.3 is 14.5 Å². The molecule has 1 amide bonds. The molecule has 144 valence electrons. The zero-order valence-corrected chi connectivity index (χ0v) is 15.8. The second kappa shape index (κ2) is 6.58. The monoisotopic (exact) mass is 377 g/mol. The summed E-state index contributed by atoms with van der Waals surface area (Å²) in [7, 11) is 0. The van der Waals surface area contributed by atoms with Gasteiger partial charge in [0.15, 0.2) is 11.5 Å². The van der Waals surface area contributed by atoms with Crippen molar-refractivity contribution < 1.29 is 4.79 Å². The van der Waals surface area contributed by atoms with Crippen LogP contribution in [0.3, 0.4) is 0 Å². The van der Waals surface area contributed by atoms with Crippen LogP contribution in [0.25, 0.3) is 11.2 Å². The average Bonchev–Trinajstić information content (AvgIpc) is 3.15. The van der Waals surface area contributed by atoms with E-state index in [0.29, 0.717) is 24.6 Å². The number of nitrogens with zero attached hydrogens (tertiary/aromatic N) is 4. The molecule has 28 heavy (non-hydrogen) atoms. The Hall–Kier alpha value is -2.96. The van der Waals surface area contributed by atoms with Crippen LogP contribution in [0.5, 0.6) is 0 Å². The number of aromatic nitrogens is 4. The molecule has 0 saturated carbocycles. The molecule has 0 aromatic carbocycles. The minimum Gasteiger partial charge on any atom is -0.335 e. The second-order valence-corrected chi connectivity index (χ2v) is 7.88. The Balaban J connectivity index is 1.50. The zero-order chi connectivity index (χ0) is 19.3. The number of carbonyl (C=O) groups is 1. The van der Waals surface area contributed by atoms with Gasteiger partial charge in [-0.2, -0.15) is 0 Å². The molecule has 3 aromatic rings. The van der Waals surface area contributed by atoms with Gasteiger partial charge in [-0.15, -0.1) is 0 Å². The van der Waals surface area contributed by atoms with Crippen molar-refractivity contribution in [3.05, 3.63) is 58.4 Å². The van der Waals surface area contributed by atoms with E-state index in [0.717, 1.165) is 30.5 Å². The zero-order valence-electron chi connectivity index (χ0n) is 15.8. The van der Waals surface area contributed by atoms with Crippen molar-refractivity contribution in [3.8, 4) is 0 Å². The number of amides is 1. The molecule has 1 fully saturated rings. The Labute approximate surface area is 162 Å². The first-order valence-electron chi connectivity index (χ1n) is 9.97. The molecule has 0 unspecified atom stereocenters. The number of fused-ring (bicyclic) bond motifs is 5. The molecular formula is C21H23N5O2.